The molecule has 1 N–H and O–H groups in total. The maximum Gasteiger partial charge on any atom is 0.0867 e. The number of aliphatic hydroxyl groups is 1. The highest BCUT2D eigenvalue weighted by Gasteiger charge is 2.27. The largest absolute Gasteiger partial charge is 0.385 e. The molecule has 0 radical (unpaired) electrons. The third-order valence-electron chi connectivity index (χ3n) is 2.91. The Kier molecular flexibility index (Phi) is 4.71. The summed E-state index contributed by atoms with van der Waals surface area (Å²) in [6, 6.07) is 10.2. The topological polar surface area (TPSA) is 20.2 Å². The van der Waals surface area contributed by atoms with Gasteiger partial charge in [-0.25, -0.2) is 0 Å². The van der Waals surface area contributed by atoms with Gasteiger partial charge in [-0.1, -0.05) is 48.1 Å². The zero-order chi connectivity index (χ0) is 12.9. The third kappa shape index (κ3) is 4.20. The van der Waals surface area contributed by atoms with Crippen LogP contribution in [-0.4, -0.2) is 10.7 Å². The van der Waals surface area contributed by atoms with E-state index in [2.05, 4.69) is 18.7 Å². The quantitative estimate of drug-likeness (QED) is 0.764. The molecule has 0 unspecified atom stereocenters. The van der Waals surface area contributed by atoms with E-state index in [1.165, 1.54) is 5.56 Å². The van der Waals surface area contributed by atoms with Crippen LogP contribution in [0.15, 0.2) is 54.6 Å². The lowest BCUT2D eigenvalue weighted by atomic mass is 9.83. The fourth-order valence-electron chi connectivity index (χ4n) is 2.09. The van der Waals surface area contributed by atoms with Crippen LogP contribution in [0.25, 0.3) is 0 Å². The van der Waals surface area contributed by atoms with Gasteiger partial charge in [0.25, 0.3) is 0 Å². The van der Waals surface area contributed by atoms with Crippen LogP contribution in [0.3, 0.4) is 0 Å². The molecule has 0 saturated heterocycles. The zero-order valence-corrected chi connectivity index (χ0v) is 11.0. The minimum absolute atomic E-state index is 0.0276. The summed E-state index contributed by atoms with van der Waals surface area (Å²) < 4.78 is 0. The summed E-state index contributed by atoms with van der Waals surface area (Å²) in [6.07, 6.45) is 4.55. The van der Waals surface area contributed by atoms with Gasteiger partial charge in [-0.05, 0) is 32.8 Å². The van der Waals surface area contributed by atoms with Crippen molar-refractivity contribution in [2.24, 2.45) is 5.92 Å². The van der Waals surface area contributed by atoms with Crippen molar-refractivity contribution in [3.8, 4) is 0 Å². The first-order valence-electron chi connectivity index (χ1n) is 6.00. The van der Waals surface area contributed by atoms with Gasteiger partial charge in [-0.3, -0.25) is 0 Å². The molecule has 0 aromatic heterocycles. The van der Waals surface area contributed by atoms with Gasteiger partial charge >= 0.3 is 0 Å². The lowest BCUT2D eigenvalue weighted by molar-refractivity contribution is 0.0664. The van der Waals surface area contributed by atoms with Gasteiger partial charge in [-0.2, -0.15) is 0 Å². The fraction of sp³-hybridized carbons (Fsp3) is 0.375. The highest BCUT2D eigenvalue weighted by molar-refractivity contribution is 5.19. The Labute approximate surface area is 104 Å². The number of rotatable bonds is 5. The van der Waals surface area contributed by atoms with Gasteiger partial charge in [0, 0.05) is 5.92 Å². The second kappa shape index (κ2) is 5.83. The highest BCUT2D eigenvalue weighted by atomic mass is 16.3. The molecule has 17 heavy (non-hydrogen) atoms. The minimum atomic E-state index is -0.837. The Balaban J connectivity index is 2.86. The summed E-state index contributed by atoms with van der Waals surface area (Å²) in [5, 5.41) is 10.5. The Bertz CT molecular complexity index is 383. The Morgan fingerprint density at radius 2 is 1.94 bits per heavy atom. The molecule has 0 fully saturated rings. The molecule has 0 saturated carbocycles. The molecule has 2 atom stereocenters. The van der Waals surface area contributed by atoms with Crippen molar-refractivity contribution in [2.45, 2.75) is 32.8 Å². The van der Waals surface area contributed by atoms with Gasteiger partial charge in [0.2, 0.25) is 0 Å². The first-order valence-corrected chi connectivity index (χ1v) is 6.00. The van der Waals surface area contributed by atoms with Crippen LogP contribution in [-0.2, 0) is 6.42 Å². The van der Waals surface area contributed by atoms with Gasteiger partial charge in [-0.15, -0.1) is 6.58 Å². The van der Waals surface area contributed by atoms with Crippen LogP contribution in [0.5, 0.6) is 0 Å². The van der Waals surface area contributed by atoms with E-state index in [1.807, 2.05) is 51.1 Å². The molecule has 1 rings (SSSR count). The van der Waals surface area contributed by atoms with E-state index in [1.54, 1.807) is 0 Å². The van der Waals surface area contributed by atoms with E-state index >= 15 is 0 Å². The van der Waals surface area contributed by atoms with E-state index in [9.17, 15) is 5.11 Å². The van der Waals surface area contributed by atoms with E-state index in [-0.39, 0.29) is 5.92 Å². The normalized spacial score (nSPS) is 15.8. The first kappa shape index (κ1) is 13.7. The number of hydrogen-bond acceptors (Lipinski definition) is 1. The summed E-state index contributed by atoms with van der Waals surface area (Å²) in [5.74, 6) is 0.0276. The molecule has 0 aliphatic heterocycles. The van der Waals surface area contributed by atoms with Crippen molar-refractivity contribution in [1.82, 2.24) is 0 Å². The molecule has 1 nitrogen and oxygen atoms in total. The average Bonchev–Trinajstić information content (AvgIpc) is 2.25. The van der Waals surface area contributed by atoms with Crippen LogP contribution in [0.1, 0.15) is 26.3 Å². The lowest BCUT2D eigenvalue weighted by Crippen LogP contribution is -2.32. The Hall–Kier alpha value is -1.34. The maximum absolute atomic E-state index is 10.5. The zero-order valence-electron chi connectivity index (χ0n) is 11.0. The van der Waals surface area contributed by atoms with Crippen LogP contribution < -0.4 is 0 Å². The second-order valence-electron chi connectivity index (χ2n) is 4.98. The molecule has 0 aliphatic carbocycles. The van der Waals surface area contributed by atoms with Crippen molar-refractivity contribution in [3.63, 3.8) is 0 Å². The monoisotopic (exact) mass is 230 g/mol. The number of hydrogen-bond donors (Lipinski definition) is 1. The lowest BCUT2D eigenvalue weighted by Gasteiger charge is -2.28. The molecular weight excluding hydrogens is 208 g/mol. The maximum atomic E-state index is 10.5. The Morgan fingerprint density at radius 3 is 2.41 bits per heavy atom. The average molecular weight is 230 g/mol. The number of benzene rings is 1. The van der Waals surface area contributed by atoms with Crippen molar-refractivity contribution in [3.05, 3.63) is 60.2 Å². The molecule has 1 aromatic rings. The SMILES string of the molecule is C=C[C@@H](Cc1ccccc1)[C@@](C)(O)C=C(C)C. The summed E-state index contributed by atoms with van der Waals surface area (Å²) in [5.41, 5.74) is 1.51. The standard InChI is InChI=1S/C16H22O/c1-5-15(16(4,17)12-13(2)3)11-14-9-7-6-8-10-14/h5-10,12,15,17H,1,11H2,2-4H3/t15-,16-/m0/s1. The molecular formula is C16H22O. The predicted molar refractivity (Wildman–Crippen MR) is 73.9 cm³/mol. The van der Waals surface area contributed by atoms with Gasteiger partial charge in [0.1, 0.15) is 0 Å². The molecule has 0 bridgehead atoms. The van der Waals surface area contributed by atoms with Crippen molar-refractivity contribution >= 4 is 0 Å². The third-order valence-corrected chi connectivity index (χ3v) is 2.91. The van der Waals surface area contributed by atoms with E-state index in [4.69, 9.17) is 0 Å². The minimum Gasteiger partial charge on any atom is -0.385 e. The summed E-state index contributed by atoms with van der Waals surface area (Å²) in [6.45, 7) is 9.68. The molecule has 0 aliphatic rings. The molecule has 92 valence electrons. The van der Waals surface area contributed by atoms with Gasteiger partial charge in [0.15, 0.2) is 0 Å². The van der Waals surface area contributed by atoms with Gasteiger partial charge in [0.05, 0.1) is 5.60 Å². The van der Waals surface area contributed by atoms with Gasteiger partial charge < -0.3 is 5.11 Å². The van der Waals surface area contributed by atoms with Crippen LogP contribution in [0, 0.1) is 5.92 Å². The van der Waals surface area contributed by atoms with Crippen molar-refractivity contribution in [1.29, 1.82) is 0 Å². The molecule has 1 aromatic carbocycles. The van der Waals surface area contributed by atoms with E-state index < -0.39 is 5.60 Å². The van der Waals surface area contributed by atoms with E-state index in [0.29, 0.717) is 0 Å². The second-order valence-corrected chi connectivity index (χ2v) is 4.98. The Morgan fingerprint density at radius 1 is 1.35 bits per heavy atom. The molecule has 1 heteroatoms. The predicted octanol–water partition coefficient (Wildman–Crippen LogP) is 3.75. The van der Waals surface area contributed by atoms with Crippen molar-refractivity contribution in [2.75, 3.05) is 0 Å². The first-order chi connectivity index (χ1) is 7.95. The van der Waals surface area contributed by atoms with Crippen LogP contribution in [0.4, 0.5) is 0 Å². The van der Waals surface area contributed by atoms with Crippen LogP contribution >= 0.6 is 0 Å². The van der Waals surface area contributed by atoms with Crippen molar-refractivity contribution < 1.29 is 5.11 Å². The fourth-order valence-corrected chi connectivity index (χ4v) is 2.09. The summed E-state index contributed by atoms with van der Waals surface area (Å²) in [7, 11) is 0. The molecule has 0 amide bonds. The smallest absolute Gasteiger partial charge is 0.0867 e. The van der Waals surface area contributed by atoms with E-state index in [0.717, 1.165) is 12.0 Å². The highest BCUT2D eigenvalue weighted by Crippen LogP contribution is 2.25. The van der Waals surface area contributed by atoms with Crippen LogP contribution in [0.2, 0.25) is 0 Å². The summed E-state index contributed by atoms with van der Waals surface area (Å²) >= 11 is 0. The molecule has 0 heterocycles. The molecule has 0 spiro atoms. The summed E-state index contributed by atoms with van der Waals surface area (Å²) in [4.78, 5) is 0. The number of allylic oxidation sites excluding steroid dienone is 1.